The van der Waals surface area contributed by atoms with Crippen molar-refractivity contribution in [3.63, 3.8) is 0 Å². The number of amides is 1. The molecule has 2 rings (SSSR count). The Morgan fingerprint density at radius 1 is 1.17 bits per heavy atom. The standard InChI is InChI=1S/C16H16ClN3O3S/c1-22-13-6-10(7-14(9-13)23-2)15(21)19-20(16(18)24)12-5-3-4-11(17)8-12/h3-9H,1-2H3,(H2,18,24)(H,19,21). The number of nitrogens with zero attached hydrogens (tertiary/aromatic N) is 1. The zero-order valence-electron chi connectivity index (χ0n) is 13.1. The monoisotopic (exact) mass is 365 g/mol. The van der Waals surface area contributed by atoms with E-state index in [1.165, 1.54) is 19.2 Å². The molecule has 2 aromatic rings. The maximum absolute atomic E-state index is 12.5. The van der Waals surface area contributed by atoms with Crippen LogP contribution in [0.1, 0.15) is 10.4 Å². The fourth-order valence-electron chi connectivity index (χ4n) is 1.97. The Hall–Kier alpha value is -2.51. The first-order valence-electron chi connectivity index (χ1n) is 6.83. The summed E-state index contributed by atoms with van der Waals surface area (Å²) in [5, 5.41) is 1.74. The molecule has 0 atom stereocenters. The third kappa shape index (κ3) is 4.27. The second-order valence-electron chi connectivity index (χ2n) is 4.70. The second-order valence-corrected chi connectivity index (χ2v) is 5.55. The molecule has 2 aromatic carbocycles. The van der Waals surface area contributed by atoms with Gasteiger partial charge in [-0.3, -0.25) is 10.2 Å². The van der Waals surface area contributed by atoms with Crippen LogP contribution >= 0.6 is 23.8 Å². The first-order chi connectivity index (χ1) is 11.4. The molecule has 6 nitrogen and oxygen atoms in total. The van der Waals surface area contributed by atoms with Gasteiger partial charge in [-0.15, -0.1) is 0 Å². The molecule has 0 fully saturated rings. The summed E-state index contributed by atoms with van der Waals surface area (Å²) in [5.41, 5.74) is 9.21. The lowest BCUT2D eigenvalue weighted by Crippen LogP contribution is -2.49. The molecular formula is C16H16ClN3O3S. The van der Waals surface area contributed by atoms with Crippen LogP contribution in [0, 0.1) is 0 Å². The van der Waals surface area contributed by atoms with E-state index < -0.39 is 5.91 Å². The molecule has 0 aliphatic carbocycles. The van der Waals surface area contributed by atoms with Crippen LogP contribution in [0.5, 0.6) is 11.5 Å². The summed E-state index contributed by atoms with van der Waals surface area (Å²) < 4.78 is 10.3. The predicted molar refractivity (Wildman–Crippen MR) is 97.7 cm³/mol. The lowest BCUT2D eigenvalue weighted by Gasteiger charge is -2.23. The number of hydrogen-bond acceptors (Lipinski definition) is 4. The molecule has 24 heavy (non-hydrogen) atoms. The summed E-state index contributed by atoms with van der Waals surface area (Å²) in [6, 6.07) is 11.6. The lowest BCUT2D eigenvalue weighted by molar-refractivity contribution is 0.0954. The molecular weight excluding hydrogens is 350 g/mol. The molecule has 0 aliphatic rings. The Bertz CT molecular complexity index is 748. The number of ether oxygens (including phenoxy) is 2. The molecule has 0 aromatic heterocycles. The average molecular weight is 366 g/mol. The van der Waals surface area contributed by atoms with E-state index in [0.29, 0.717) is 27.8 Å². The van der Waals surface area contributed by atoms with Crippen LogP contribution in [0.2, 0.25) is 5.02 Å². The molecule has 126 valence electrons. The summed E-state index contributed by atoms with van der Waals surface area (Å²) in [5.74, 6) is 0.549. The number of rotatable bonds is 4. The number of methoxy groups -OCH3 is 2. The Morgan fingerprint density at radius 3 is 2.29 bits per heavy atom. The zero-order chi connectivity index (χ0) is 17.7. The number of carbonyl (C=O) groups is 1. The summed E-state index contributed by atoms with van der Waals surface area (Å²) in [4.78, 5) is 12.5. The molecule has 0 radical (unpaired) electrons. The van der Waals surface area contributed by atoms with Crippen molar-refractivity contribution in [1.29, 1.82) is 0 Å². The van der Waals surface area contributed by atoms with Gasteiger partial charge in [0.05, 0.1) is 19.9 Å². The van der Waals surface area contributed by atoms with Crippen molar-refractivity contribution in [2.75, 3.05) is 19.2 Å². The molecule has 1 amide bonds. The Morgan fingerprint density at radius 2 is 1.79 bits per heavy atom. The van der Waals surface area contributed by atoms with Gasteiger partial charge in [0.15, 0.2) is 5.11 Å². The van der Waals surface area contributed by atoms with E-state index in [-0.39, 0.29) is 5.11 Å². The Labute approximate surface area is 150 Å². The van der Waals surface area contributed by atoms with E-state index >= 15 is 0 Å². The molecule has 0 spiro atoms. The Kier molecular flexibility index (Phi) is 5.83. The molecule has 0 heterocycles. The summed E-state index contributed by atoms with van der Waals surface area (Å²) in [6.45, 7) is 0. The topological polar surface area (TPSA) is 76.8 Å². The van der Waals surface area contributed by atoms with E-state index in [4.69, 9.17) is 39.0 Å². The quantitative estimate of drug-likeness (QED) is 0.641. The van der Waals surface area contributed by atoms with Gasteiger partial charge in [0.2, 0.25) is 0 Å². The summed E-state index contributed by atoms with van der Waals surface area (Å²) in [7, 11) is 3.01. The van der Waals surface area contributed by atoms with E-state index in [1.807, 2.05) is 0 Å². The zero-order valence-corrected chi connectivity index (χ0v) is 14.6. The maximum Gasteiger partial charge on any atom is 0.270 e. The number of hydrazine groups is 1. The first-order valence-corrected chi connectivity index (χ1v) is 7.62. The third-order valence-electron chi connectivity index (χ3n) is 3.11. The minimum atomic E-state index is -0.431. The number of thiocarbonyl (C=S) groups is 1. The predicted octanol–water partition coefficient (Wildman–Crippen LogP) is 2.75. The highest BCUT2D eigenvalue weighted by molar-refractivity contribution is 7.80. The normalized spacial score (nSPS) is 9.96. The van der Waals surface area contributed by atoms with Gasteiger partial charge in [-0.05, 0) is 42.5 Å². The van der Waals surface area contributed by atoms with Crippen LogP contribution in [0.4, 0.5) is 5.69 Å². The van der Waals surface area contributed by atoms with Crippen LogP contribution in [0.15, 0.2) is 42.5 Å². The highest BCUT2D eigenvalue weighted by atomic mass is 35.5. The van der Waals surface area contributed by atoms with E-state index in [0.717, 1.165) is 0 Å². The fraction of sp³-hybridized carbons (Fsp3) is 0.125. The average Bonchev–Trinajstić information content (AvgIpc) is 2.58. The van der Waals surface area contributed by atoms with Crippen molar-refractivity contribution in [3.8, 4) is 11.5 Å². The van der Waals surface area contributed by atoms with Crippen LogP contribution < -0.4 is 25.6 Å². The van der Waals surface area contributed by atoms with Crippen LogP contribution in [-0.2, 0) is 0 Å². The van der Waals surface area contributed by atoms with Crippen molar-refractivity contribution in [3.05, 3.63) is 53.1 Å². The number of anilines is 1. The van der Waals surface area contributed by atoms with Gasteiger partial charge in [-0.2, -0.15) is 0 Å². The van der Waals surface area contributed by atoms with Gasteiger partial charge in [0.1, 0.15) is 11.5 Å². The Balaban J connectivity index is 2.30. The van der Waals surface area contributed by atoms with Gasteiger partial charge in [-0.1, -0.05) is 17.7 Å². The minimum Gasteiger partial charge on any atom is -0.497 e. The van der Waals surface area contributed by atoms with Crippen LogP contribution in [0.3, 0.4) is 0 Å². The van der Waals surface area contributed by atoms with Crippen LogP contribution in [0.25, 0.3) is 0 Å². The van der Waals surface area contributed by atoms with Crippen molar-refractivity contribution < 1.29 is 14.3 Å². The molecule has 3 N–H and O–H groups in total. The number of carbonyl (C=O) groups excluding carboxylic acids is 1. The number of nitrogens with two attached hydrogens (primary N) is 1. The van der Waals surface area contributed by atoms with E-state index in [1.54, 1.807) is 42.5 Å². The van der Waals surface area contributed by atoms with Crippen molar-refractivity contribution >= 4 is 40.5 Å². The van der Waals surface area contributed by atoms with E-state index in [2.05, 4.69) is 5.43 Å². The third-order valence-corrected chi connectivity index (χ3v) is 3.53. The van der Waals surface area contributed by atoms with Crippen LogP contribution in [-0.4, -0.2) is 25.2 Å². The van der Waals surface area contributed by atoms with Crippen molar-refractivity contribution in [2.24, 2.45) is 5.73 Å². The highest BCUT2D eigenvalue weighted by Crippen LogP contribution is 2.23. The number of nitrogens with one attached hydrogen (secondary N) is 1. The smallest absolute Gasteiger partial charge is 0.270 e. The largest absolute Gasteiger partial charge is 0.497 e. The summed E-state index contributed by atoms with van der Waals surface area (Å²) >= 11 is 11.0. The summed E-state index contributed by atoms with van der Waals surface area (Å²) in [6.07, 6.45) is 0. The SMILES string of the molecule is COc1cc(OC)cc(C(=O)NN(C(N)=S)c2cccc(Cl)c2)c1. The second kappa shape index (κ2) is 7.85. The van der Waals surface area contributed by atoms with Crippen molar-refractivity contribution in [2.45, 2.75) is 0 Å². The number of benzene rings is 2. The number of halogens is 1. The van der Waals surface area contributed by atoms with Gasteiger partial charge < -0.3 is 15.2 Å². The highest BCUT2D eigenvalue weighted by Gasteiger charge is 2.16. The van der Waals surface area contributed by atoms with E-state index in [9.17, 15) is 4.79 Å². The molecule has 0 saturated carbocycles. The fourth-order valence-corrected chi connectivity index (χ4v) is 2.30. The van der Waals surface area contributed by atoms with Gasteiger partial charge >= 0.3 is 0 Å². The molecule has 0 aliphatic heterocycles. The first kappa shape index (κ1) is 17.8. The molecule has 8 heteroatoms. The van der Waals surface area contributed by atoms with Gasteiger partial charge in [0, 0.05) is 16.7 Å². The molecule has 0 bridgehead atoms. The molecule has 0 unspecified atom stereocenters. The van der Waals surface area contributed by atoms with Crippen molar-refractivity contribution in [1.82, 2.24) is 5.43 Å². The molecule has 0 saturated heterocycles. The van der Waals surface area contributed by atoms with Gasteiger partial charge in [-0.25, -0.2) is 5.01 Å². The lowest BCUT2D eigenvalue weighted by atomic mass is 10.2. The minimum absolute atomic E-state index is 0.0273. The van der Waals surface area contributed by atoms with Gasteiger partial charge in [0.25, 0.3) is 5.91 Å². The maximum atomic E-state index is 12.5. The number of hydrogen-bond donors (Lipinski definition) is 2.